The molecule has 2 aromatic carbocycles. The van der Waals surface area contributed by atoms with Gasteiger partial charge in [0.25, 0.3) is 10.0 Å². The lowest BCUT2D eigenvalue weighted by Crippen LogP contribution is -2.14. The number of fused-ring (bicyclic) bond motifs is 3. The van der Waals surface area contributed by atoms with E-state index in [-0.39, 0.29) is 4.90 Å². The third-order valence-corrected chi connectivity index (χ3v) is 7.42. The van der Waals surface area contributed by atoms with Gasteiger partial charge in [0.15, 0.2) is 5.65 Å². The molecule has 3 heterocycles. The van der Waals surface area contributed by atoms with Crippen LogP contribution in [0.5, 0.6) is 5.75 Å². The molecule has 0 aliphatic heterocycles. The van der Waals surface area contributed by atoms with E-state index in [1.807, 2.05) is 54.6 Å². The third kappa shape index (κ3) is 3.63. The van der Waals surface area contributed by atoms with E-state index in [2.05, 4.69) is 4.98 Å². The first kappa shape index (κ1) is 22.1. The van der Waals surface area contributed by atoms with Gasteiger partial charge >= 0.3 is 0 Å². The average molecular weight is 476 g/mol. The Bertz CT molecular complexity index is 1600. The van der Waals surface area contributed by atoms with Gasteiger partial charge in [-0.15, -0.1) is 0 Å². The number of benzene rings is 2. The van der Waals surface area contributed by atoms with Gasteiger partial charge in [0.1, 0.15) is 11.6 Å². The quantitative estimate of drug-likeness (QED) is 0.370. The molecule has 0 unspecified atom stereocenters. The fourth-order valence-electron chi connectivity index (χ4n) is 4.05. The summed E-state index contributed by atoms with van der Waals surface area (Å²) < 4.78 is 35.3. The van der Waals surface area contributed by atoms with Crippen LogP contribution in [0.2, 0.25) is 0 Å². The van der Waals surface area contributed by atoms with E-state index in [0.29, 0.717) is 17.7 Å². The van der Waals surface area contributed by atoms with Crippen LogP contribution in [0, 0.1) is 6.92 Å². The molecule has 9 heteroatoms. The summed E-state index contributed by atoms with van der Waals surface area (Å²) in [6, 6.07) is 16.3. The Morgan fingerprint density at radius 2 is 1.68 bits per heavy atom. The molecular weight excluding hydrogens is 450 g/mol. The van der Waals surface area contributed by atoms with Crippen molar-refractivity contribution in [2.75, 3.05) is 21.2 Å². The number of rotatable bonds is 6. The van der Waals surface area contributed by atoms with E-state index in [0.717, 1.165) is 33.9 Å². The van der Waals surface area contributed by atoms with Crippen molar-refractivity contribution >= 4 is 26.7 Å². The number of aryl methyl sites for hydroxylation is 1. The molecule has 0 fully saturated rings. The second-order valence-corrected chi connectivity index (χ2v) is 10.3. The minimum atomic E-state index is -3.80. The first-order valence-corrected chi connectivity index (χ1v) is 12.2. The predicted octanol–water partition coefficient (Wildman–Crippen LogP) is 3.97. The molecule has 0 bridgehead atoms. The van der Waals surface area contributed by atoms with Crippen LogP contribution in [0.15, 0.2) is 71.9 Å². The highest BCUT2D eigenvalue weighted by molar-refractivity contribution is 7.90. The Morgan fingerprint density at radius 3 is 2.32 bits per heavy atom. The van der Waals surface area contributed by atoms with E-state index in [9.17, 15) is 8.42 Å². The van der Waals surface area contributed by atoms with Crippen molar-refractivity contribution in [3.8, 4) is 17.0 Å². The average Bonchev–Trinajstić information content (AvgIpc) is 3.41. The van der Waals surface area contributed by atoms with Crippen LogP contribution in [0.1, 0.15) is 11.4 Å². The van der Waals surface area contributed by atoms with Gasteiger partial charge in [0, 0.05) is 11.8 Å². The predicted molar refractivity (Wildman–Crippen MR) is 132 cm³/mol. The molecule has 34 heavy (non-hydrogen) atoms. The van der Waals surface area contributed by atoms with Crippen molar-refractivity contribution in [3.63, 3.8) is 0 Å². The lowest BCUT2D eigenvalue weighted by atomic mass is 10.1. The molecule has 174 valence electrons. The van der Waals surface area contributed by atoms with Crippen LogP contribution in [-0.4, -0.2) is 52.9 Å². The topological polar surface area (TPSA) is 81.7 Å². The lowest BCUT2D eigenvalue weighted by molar-refractivity contribution is 0.390. The summed E-state index contributed by atoms with van der Waals surface area (Å²) in [7, 11) is 1.77. The summed E-state index contributed by atoms with van der Waals surface area (Å²) in [6.45, 7) is 2.50. The molecule has 0 atom stereocenters. The zero-order chi connectivity index (χ0) is 24.0. The molecule has 8 nitrogen and oxygen atoms in total. The van der Waals surface area contributed by atoms with Gasteiger partial charge < -0.3 is 9.64 Å². The second kappa shape index (κ2) is 8.27. The summed E-state index contributed by atoms with van der Waals surface area (Å²) in [5.74, 6) is 1.56. The Kier molecular flexibility index (Phi) is 5.38. The van der Waals surface area contributed by atoms with Crippen molar-refractivity contribution in [1.29, 1.82) is 0 Å². The van der Waals surface area contributed by atoms with Crippen LogP contribution in [0.25, 0.3) is 27.9 Å². The summed E-state index contributed by atoms with van der Waals surface area (Å²) in [5.41, 5.74) is 4.54. The lowest BCUT2D eigenvalue weighted by Gasteiger charge is -2.10. The fourth-order valence-corrected chi connectivity index (χ4v) is 5.35. The third-order valence-electron chi connectivity index (χ3n) is 5.74. The van der Waals surface area contributed by atoms with Crippen LogP contribution >= 0.6 is 0 Å². The Morgan fingerprint density at radius 1 is 0.971 bits per heavy atom. The maximum Gasteiger partial charge on any atom is 0.269 e. The maximum absolute atomic E-state index is 13.4. The largest absolute Gasteiger partial charge is 0.497 e. The molecule has 0 aliphatic rings. The Balaban J connectivity index is 1.73. The van der Waals surface area contributed by atoms with Crippen LogP contribution in [0.4, 0.5) is 0 Å². The molecule has 0 N–H and O–H groups in total. The molecule has 0 spiro atoms. The second-order valence-electron chi connectivity index (χ2n) is 8.46. The number of ether oxygens (including phenoxy) is 1. The van der Waals surface area contributed by atoms with E-state index in [1.54, 1.807) is 49.8 Å². The Hall–Kier alpha value is -3.69. The SMILES string of the molecule is COc1ccc(-c2nc(CN(C)C)n3c2cnc2c3ccn2S(=O)(=O)c2ccc(C)cc2)cc1. The van der Waals surface area contributed by atoms with E-state index < -0.39 is 10.0 Å². The minimum Gasteiger partial charge on any atom is -0.497 e. The van der Waals surface area contributed by atoms with Crippen LogP contribution in [0.3, 0.4) is 0 Å². The highest BCUT2D eigenvalue weighted by atomic mass is 32.2. The molecule has 0 saturated carbocycles. The van der Waals surface area contributed by atoms with Gasteiger partial charge in [-0.05, 0) is 63.5 Å². The standard InChI is InChI=1S/C25H25N5O3S/c1-17-5-11-20(12-6-17)34(31,32)29-14-13-21-25(29)26-15-22-24(18-7-9-19(33-4)10-8-18)27-23(30(21)22)16-28(2)3/h5-15H,16H2,1-4H3. The van der Waals surface area contributed by atoms with Crippen molar-refractivity contribution in [1.82, 2.24) is 23.2 Å². The normalized spacial score (nSPS) is 12.1. The Labute approximate surface area is 198 Å². The number of nitrogens with zero attached hydrogens (tertiary/aromatic N) is 5. The molecule has 0 amide bonds. The van der Waals surface area contributed by atoms with E-state index in [1.165, 1.54) is 3.97 Å². The van der Waals surface area contributed by atoms with E-state index in [4.69, 9.17) is 9.72 Å². The van der Waals surface area contributed by atoms with Crippen molar-refractivity contribution in [3.05, 3.63) is 78.4 Å². The smallest absolute Gasteiger partial charge is 0.269 e. The number of hydrogen-bond donors (Lipinski definition) is 0. The summed E-state index contributed by atoms with van der Waals surface area (Å²) in [6.07, 6.45) is 3.24. The zero-order valence-corrected chi connectivity index (χ0v) is 20.2. The number of imidazole rings is 1. The zero-order valence-electron chi connectivity index (χ0n) is 19.4. The van der Waals surface area contributed by atoms with Gasteiger partial charge in [-0.1, -0.05) is 17.7 Å². The fraction of sp³-hybridized carbons (Fsp3) is 0.200. The van der Waals surface area contributed by atoms with E-state index >= 15 is 0 Å². The van der Waals surface area contributed by atoms with Crippen LogP contribution in [-0.2, 0) is 16.6 Å². The van der Waals surface area contributed by atoms with Gasteiger partial charge in [-0.2, -0.15) is 0 Å². The molecule has 5 aromatic rings. The summed E-state index contributed by atoms with van der Waals surface area (Å²) >= 11 is 0. The minimum absolute atomic E-state index is 0.218. The number of hydrogen-bond acceptors (Lipinski definition) is 6. The number of methoxy groups -OCH3 is 1. The van der Waals surface area contributed by atoms with Gasteiger partial charge in [-0.25, -0.2) is 22.4 Å². The molecular formula is C25H25N5O3S. The van der Waals surface area contributed by atoms with Crippen molar-refractivity contribution in [2.24, 2.45) is 0 Å². The van der Waals surface area contributed by atoms with Gasteiger partial charge in [-0.3, -0.25) is 4.40 Å². The van der Waals surface area contributed by atoms with Crippen molar-refractivity contribution in [2.45, 2.75) is 18.4 Å². The number of aromatic nitrogens is 4. The van der Waals surface area contributed by atoms with Crippen molar-refractivity contribution < 1.29 is 13.2 Å². The molecule has 0 radical (unpaired) electrons. The molecule has 0 saturated heterocycles. The van der Waals surface area contributed by atoms with Gasteiger partial charge in [0.2, 0.25) is 0 Å². The van der Waals surface area contributed by atoms with Crippen LogP contribution < -0.4 is 4.74 Å². The first-order valence-electron chi connectivity index (χ1n) is 10.8. The molecule has 5 rings (SSSR count). The monoisotopic (exact) mass is 475 g/mol. The summed E-state index contributed by atoms with van der Waals surface area (Å²) in [5, 5.41) is 0. The molecule has 3 aromatic heterocycles. The maximum atomic E-state index is 13.4. The highest BCUT2D eigenvalue weighted by Crippen LogP contribution is 2.30. The molecule has 0 aliphatic carbocycles. The van der Waals surface area contributed by atoms with Gasteiger partial charge in [0.05, 0.1) is 41.5 Å². The highest BCUT2D eigenvalue weighted by Gasteiger charge is 2.23. The summed E-state index contributed by atoms with van der Waals surface area (Å²) in [4.78, 5) is 11.7. The first-order chi connectivity index (χ1) is 16.3.